The molecule has 1 fully saturated rings. The first kappa shape index (κ1) is 22.8. The van der Waals surface area contributed by atoms with Crippen LogP contribution in [-0.4, -0.2) is 55.5 Å². The maximum Gasteiger partial charge on any atom is 0.407 e. The van der Waals surface area contributed by atoms with E-state index in [2.05, 4.69) is 10.6 Å². The number of carboxylic acids is 1. The monoisotopic (exact) mass is 452 g/mol. The normalized spacial score (nSPS) is 17.6. The zero-order valence-corrected chi connectivity index (χ0v) is 18.3. The van der Waals surface area contributed by atoms with Crippen molar-refractivity contribution in [2.75, 3.05) is 26.4 Å². The first-order chi connectivity index (χ1) is 16.0. The number of carboxylic acid groups (broad SMARTS) is 1. The highest BCUT2D eigenvalue weighted by atomic mass is 16.5. The van der Waals surface area contributed by atoms with Crippen molar-refractivity contribution in [3.63, 3.8) is 0 Å². The number of hydrogen-bond donors (Lipinski definition) is 3. The summed E-state index contributed by atoms with van der Waals surface area (Å²) in [5, 5.41) is 14.3. The molecule has 1 saturated heterocycles. The van der Waals surface area contributed by atoms with Gasteiger partial charge in [0.25, 0.3) is 0 Å². The molecular weight excluding hydrogens is 424 g/mol. The van der Waals surface area contributed by atoms with E-state index in [1.165, 1.54) is 0 Å². The number of rotatable bonds is 9. The maximum absolute atomic E-state index is 12.5. The summed E-state index contributed by atoms with van der Waals surface area (Å²) in [6, 6.07) is 14.7. The van der Waals surface area contributed by atoms with E-state index < -0.39 is 30.4 Å². The Kier molecular flexibility index (Phi) is 7.24. The van der Waals surface area contributed by atoms with Gasteiger partial charge in [-0.3, -0.25) is 9.59 Å². The fourth-order valence-electron chi connectivity index (χ4n) is 4.50. The average Bonchev–Trinajstić information content (AvgIpc) is 3.43. The van der Waals surface area contributed by atoms with E-state index in [0.717, 1.165) is 41.7 Å². The number of benzene rings is 2. The largest absolute Gasteiger partial charge is 0.481 e. The van der Waals surface area contributed by atoms with Gasteiger partial charge in [-0.15, -0.1) is 0 Å². The third-order valence-electron chi connectivity index (χ3n) is 6.21. The van der Waals surface area contributed by atoms with Gasteiger partial charge in [-0.1, -0.05) is 48.5 Å². The summed E-state index contributed by atoms with van der Waals surface area (Å²) in [4.78, 5) is 36.2. The molecule has 2 aliphatic rings. The third kappa shape index (κ3) is 5.51. The number of fused-ring (bicyclic) bond motifs is 3. The van der Waals surface area contributed by atoms with Gasteiger partial charge in [0, 0.05) is 25.7 Å². The molecule has 4 rings (SSSR count). The molecular formula is C25H28N2O6. The van der Waals surface area contributed by atoms with Crippen molar-refractivity contribution in [3.8, 4) is 11.1 Å². The van der Waals surface area contributed by atoms with Crippen LogP contribution in [0.2, 0.25) is 0 Å². The Balaban J connectivity index is 1.34. The van der Waals surface area contributed by atoms with Crippen LogP contribution in [0.4, 0.5) is 4.79 Å². The standard InChI is InChI=1S/C25H28N2O6/c28-23(29)13-22(24(30)26-11-9-16-10-12-32-14-16)27-25(31)33-15-21-19-7-3-1-5-17(19)18-6-2-4-8-20(18)21/h1-8,16,21-22H,9-15H2,(H,26,30)(H,27,31)(H,28,29). The second-order valence-electron chi connectivity index (χ2n) is 8.43. The quantitative estimate of drug-likeness (QED) is 0.539. The Morgan fingerprint density at radius 2 is 1.73 bits per heavy atom. The molecule has 1 aliphatic heterocycles. The summed E-state index contributed by atoms with van der Waals surface area (Å²) in [6.07, 6.45) is 0.355. The number of amides is 2. The molecule has 2 amide bonds. The number of nitrogens with one attached hydrogen (secondary N) is 2. The van der Waals surface area contributed by atoms with E-state index in [0.29, 0.717) is 19.1 Å². The van der Waals surface area contributed by atoms with Crippen LogP contribution in [0.3, 0.4) is 0 Å². The lowest BCUT2D eigenvalue weighted by atomic mass is 9.98. The van der Waals surface area contributed by atoms with E-state index >= 15 is 0 Å². The molecule has 0 spiro atoms. The first-order valence-corrected chi connectivity index (χ1v) is 11.2. The molecule has 2 aromatic carbocycles. The van der Waals surface area contributed by atoms with Gasteiger partial charge in [-0.05, 0) is 41.0 Å². The zero-order valence-electron chi connectivity index (χ0n) is 18.3. The lowest BCUT2D eigenvalue weighted by Gasteiger charge is -2.19. The van der Waals surface area contributed by atoms with Gasteiger partial charge in [-0.25, -0.2) is 4.79 Å². The van der Waals surface area contributed by atoms with Gasteiger partial charge < -0.3 is 25.2 Å². The van der Waals surface area contributed by atoms with E-state index in [9.17, 15) is 19.5 Å². The van der Waals surface area contributed by atoms with Crippen molar-refractivity contribution in [2.24, 2.45) is 5.92 Å². The van der Waals surface area contributed by atoms with Crippen LogP contribution in [0.1, 0.15) is 36.3 Å². The Hall–Kier alpha value is -3.39. The minimum Gasteiger partial charge on any atom is -0.481 e. The predicted molar refractivity (Wildman–Crippen MR) is 121 cm³/mol. The molecule has 2 aromatic rings. The van der Waals surface area contributed by atoms with Gasteiger partial charge in [-0.2, -0.15) is 0 Å². The van der Waals surface area contributed by atoms with E-state index in [1.807, 2.05) is 48.5 Å². The predicted octanol–water partition coefficient (Wildman–Crippen LogP) is 2.91. The molecule has 3 N–H and O–H groups in total. The summed E-state index contributed by atoms with van der Waals surface area (Å²) in [5.74, 6) is -1.45. The van der Waals surface area contributed by atoms with Crippen molar-refractivity contribution in [1.82, 2.24) is 10.6 Å². The van der Waals surface area contributed by atoms with Crippen LogP contribution in [0.25, 0.3) is 11.1 Å². The third-order valence-corrected chi connectivity index (χ3v) is 6.21. The maximum atomic E-state index is 12.5. The summed E-state index contributed by atoms with van der Waals surface area (Å²) >= 11 is 0. The van der Waals surface area contributed by atoms with E-state index in [-0.39, 0.29) is 12.5 Å². The molecule has 8 heteroatoms. The number of carbonyl (C=O) groups excluding carboxylic acids is 2. The van der Waals surface area contributed by atoms with Crippen LogP contribution < -0.4 is 10.6 Å². The van der Waals surface area contributed by atoms with Crippen molar-refractivity contribution in [3.05, 3.63) is 59.7 Å². The molecule has 0 radical (unpaired) electrons. The van der Waals surface area contributed by atoms with Crippen molar-refractivity contribution < 1.29 is 29.0 Å². The van der Waals surface area contributed by atoms with E-state index in [4.69, 9.17) is 9.47 Å². The molecule has 33 heavy (non-hydrogen) atoms. The van der Waals surface area contributed by atoms with Gasteiger partial charge >= 0.3 is 12.1 Å². The fourth-order valence-corrected chi connectivity index (χ4v) is 4.50. The fraction of sp³-hybridized carbons (Fsp3) is 0.400. The summed E-state index contributed by atoms with van der Waals surface area (Å²) in [6.45, 7) is 1.88. The summed E-state index contributed by atoms with van der Waals surface area (Å²) < 4.78 is 10.8. The van der Waals surface area contributed by atoms with Gasteiger partial charge in [0.15, 0.2) is 0 Å². The molecule has 174 valence electrons. The SMILES string of the molecule is O=C(O)CC(NC(=O)OCC1c2ccccc2-c2ccccc21)C(=O)NCCC1CCOC1. The topological polar surface area (TPSA) is 114 Å². The Morgan fingerprint density at radius 3 is 2.33 bits per heavy atom. The number of ether oxygens (including phenoxy) is 2. The molecule has 1 aliphatic carbocycles. The smallest absolute Gasteiger partial charge is 0.407 e. The Morgan fingerprint density at radius 1 is 1.06 bits per heavy atom. The van der Waals surface area contributed by atoms with Crippen molar-refractivity contribution in [1.29, 1.82) is 0 Å². The lowest BCUT2D eigenvalue weighted by Crippen LogP contribution is -2.48. The Labute approximate surface area is 192 Å². The molecule has 2 atom stereocenters. The van der Waals surface area contributed by atoms with Crippen molar-refractivity contribution in [2.45, 2.75) is 31.2 Å². The zero-order chi connectivity index (χ0) is 23.2. The molecule has 1 heterocycles. The average molecular weight is 453 g/mol. The highest BCUT2D eigenvalue weighted by Crippen LogP contribution is 2.44. The first-order valence-electron chi connectivity index (χ1n) is 11.2. The minimum absolute atomic E-state index is 0.0863. The Bertz CT molecular complexity index is 972. The molecule has 2 unspecified atom stereocenters. The molecule has 8 nitrogen and oxygen atoms in total. The molecule has 0 bridgehead atoms. The number of hydrogen-bond acceptors (Lipinski definition) is 5. The number of alkyl carbamates (subject to hydrolysis) is 1. The number of carbonyl (C=O) groups is 3. The van der Waals surface area contributed by atoms with Crippen LogP contribution in [0.15, 0.2) is 48.5 Å². The highest BCUT2D eigenvalue weighted by Gasteiger charge is 2.30. The lowest BCUT2D eigenvalue weighted by molar-refractivity contribution is -0.139. The summed E-state index contributed by atoms with van der Waals surface area (Å²) in [5.41, 5.74) is 4.36. The number of aliphatic carboxylic acids is 1. The van der Waals surface area contributed by atoms with Gasteiger partial charge in [0.05, 0.1) is 6.42 Å². The van der Waals surface area contributed by atoms with Crippen molar-refractivity contribution >= 4 is 18.0 Å². The summed E-state index contributed by atoms with van der Waals surface area (Å²) in [7, 11) is 0. The van der Waals surface area contributed by atoms with Gasteiger partial charge in [0.1, 0.15) is 12.6 Å². The second-order valence-corrected chi connectivity index (χ2v) is 8.43. The van der Waals surface area contributed by atoms with E-state index in [1.54, 1.807) is 0 Å². The minimum atomic E-state index is -1.21. The van der Waals surface area contributed by atoms with Crippen LogP contribution >= 0.6 is 0 Å². The molecule has 0 saturated carbocycles. The van der Waals surface area contributed by atoms with Crippen LogP contribution in [-0.2, 0) is 19.1 Å². The van der Waals surface area contributed by atoms with Crippen LogP contribution in [0, 0.1) is 5.92 Å². The second kappa shape index (κ2) is 10.5. The van der Waals surface area contributed by atoms with Crippen LogP contribution in [0.5, 0.6) is 0 Å². The highest BCUT2D eigenvalue weighted by molar-refractivity contribution is 5.89. The van der Waals surface area contributed by atoms with Gasteiger partial charge in [0.2, 0.25) is 5.91 Å². The molecule has 0 aromatic heterocycles.